The van der Waals surface area contributed by atoms with E-state index in [0.29, 0.717) is 26.2 Å². The zero-order chi connectivity index (χ0) is 17.7. The molecule has 0 saturated carbocycles. The van der Waals surface area contributed by atoms with Gasteiger partial charge < -0.3 is 4.74 Å². The maximum Gasteiger partial charge on any atom is 0.258 e. The SMILES string of the molecule is CC1CN(Cc2ccccc2)CC(COCc2ccccc2)C1(F)F. The first-order chi connectivity index (χ1) is 12.1. The van der Waals surface area contributed by atoms with Crippen molar-refractivity contribution in [3.63, 3.8) is 0 Å². The van der Waals surface area contributed by atoms with Crippen LogP contribution in [-0.4, -0.2) is 30.5 Å². The molecule has 3 rings (SSSR count). The fraction of sp³-hybridized carbons (Fsp3) is 0.429. The topological polar surface area (TPSA) is 12.5 Å². The number of hydrogen-bond acceptors (Lipinski definition) is 2. The van der Waals surface area contributed by atoms with Crippen molar-refractivity contribution >= 4 is 0 Å². The summed E-state index contributed by atoms with van der Waals surface area (Å²) in [5, 5.41) is 0. The molecule has 2 aromatic rings. The van der Waals surface area contributed by atoms with E-state index in [1.807, 2.05) is 60.7 Å². The van der Waals surface area contributed by atoms with E-state index in [0.717, 1.165) is 11.1 Å². The van der Waals surface area contributed by atoms with Crippen LogP contribution in [0.4, 0.5) is 8.78 Å². The smallest absolute Gasteiger partial charge is 0.258 e. The van der Waals surface area contributed by atoms with E-state index in [2.05, 4.69) is 4.90 Å². The maximum absolute atomic E-state index is 14.6. The van der Waals surface area contributed by atoms with E-state index in [1.54, 1.807) is 6.92 Å². The second kappa shape index (κ2) is 8.07. The molecule has 2 aromatic carbocycles. The van der Waals surface area contributed by atoms with Crippen molar-refractivity contribution in [2.45, 2.75) is 26.0 Å². The third-order valence-electron chi connectivity index (χ3n) is 4.89. The molecule has 1 saturated heterocycles. The minimum atomic E-state index is -2.69. The van der Waals surface area contributed by atoms with E-state index in [4.69, 9.17) is 4.74 Å². The predicted octanol–water partition coefficient (Wildman–Crippen LogP) is 4.61. The lowest BCUT2D eigenvalue weighted by Gasteiger charge is -2.42. The van der Waals surface area contributed by atoms with Gasteiger partial charge in [-0.1, -0.05) is 67.6 Å². The molecule has 2 atom stereocenters. The second-order valence-corrected chi connectivity index (χ2v) is 6.95. The highest BCUT2D eigenvalue weighted by molar-refractivity contribution is 5.15. The average molecular weight is 345 g/mol. The molecule has 1 aliphatic rings. The Hall–Kier alpha value is -1.78. The molecule has 1 fully saturated rings. The van der Waals surface area contributed by atoms with E-state index in [1.165, 1.54) is 0 Å². The van der Waals surface area contributed by atoms with Gasteiger partial charge in [-0.15, -0.1) is 0 Å². The molecule has 2 unspecified atom stereocenters. The molecule has 134 valence electrons. The molecule has 25 heavy (non-hydrogen) atoms. The number of ether oxygens (including phenoxy) is 1. The first-order valence-corrected chi connectivity index (χ1v) is 8.81. The van der Waals surface area contributed by atoms with E-state index < -0.39 is 17.8 Å². The average Bonchev–Trinajstić information content (AvgIpc) is 2.61. The molecular formula is C21H25F2NO. The number of piperidine rings is 1. The highest BCUT2D eigenvalue weighted by atomic mass is 19.3. The Labute approximate surface area is 148 Å². The van der Waals surface area contributed by atoms with Crippen LogP contribution in [0.2, 0.25) is 0 Å². The van der Waals surface area contributed by atoms with Gasteiger partial charge in [-0.05, 0) is 11.1 Å². The van der Waals surface area contributed by atoms with Crippen molar-refractivity contribution in [3.8, 4) is 0 Å². The molecule has 1 heterocycles. The Morgan fingerprint density at radius 3 is 2.20 bits per heavy atom. The fourth-order valence-electron chi connectivity index (χ4n) is 3.45. The molecule has 0 amide bonds. The number of halogens is 2. The summed E-state index contributed by atoms with van der Waals surface area (Å²) in [6, 6.07) is 19.7. The van der Waals surface area contributed by atoms with Gasteiger partial charge in [0.1, 0.15) is 0 Å². The number of benzene rings is 2. The van der Waals surface area contributed by atoms with Crippen molar-refractivity contribution in [2.75, 3.05) is 19.7 Å². The van der Waals surface area contributed by atoms with Crippen LogP contribution < -0.4 is 0 Å². The molecular weight excluding hydrogens is 320 g/mol. The molecule has 0 N–H and O–H groups in total. The zero-order valence-corrected chi connectivity index (χ0v) is 14.6. The summed E-state index contributed by atoms with van der Waals surface area (Å²) in [6.45, 7) is 3.58. The zero-order valence-electron chi connectivity index (χ0n) is 14.6. The highest BCUT2D eigenvalue weighted by Gasteiger charge is 2.49. The first kappa shape index (κ1) is 18.0. The quantitative estimate of drug-likeness (QED) is 0.758. The fourth-order valence-corrected chi connectivity index (χ4v) is 3.45. The van der Waals surface area contributed by atoms with Crippen molar-refractivity contribution < 1.29 is 13.5 Å². The minimum absolute atomic E-state index is 0.0809. The standard InChI is InChI=1S/C21H25F2NO/c1-17-12-24(13-18-8-4-2-5-9-18)14-20(21(17,22)23)16-25-15-19-10-6-3-7-11-19/h2-11,17,20H,12-16H2,1H3. The lowest BCUT2D eigenvalue weighted by atomic mass is 9.86. The Kier molecular flexibility index (Phi) is 5.82. The maximum atomic E-state index is 14.6. The summed E-state index contributed by atoms with van der Waals surface area (Å²) >= 11 is 0. The minimum Gasteiger partial charge on any atom is -0.376 e. The molecule has 0 aromatic heterocycles. The summed E-state index contributed by atoms with van der Waals surface area (Å²) in [5.41, 5.74) is 2.17. The summed E-state index contributed by atoms with van der Waals surface area (Å²) < 4.78 is 34.8. The van der Waals surface area contributed by atoms with Gasteiger partial charge in [-0.25, -0.2) is 8.78 Å². The largest absolute Gasteiger partial charge is 0.376 e. The first-order valence-electron chi connectivity index (χ1n) is 8.81. The van der Waals surface area contributed by atoms with Crippen molar-refractivity contribution in [2.24, 2.45) is 11.8 Å². The van der Waals surface area contributed by atoms with Crippen molar-refractivity contribution in [3.05, 3.63) is 71.8 Å². The lowest BCUT2D eigenvalue weighted by molar-refractivity contribution is -0.164. The number of rotatable bonds is 6. The summed E-state index contributed by atoms with van der Waals surface area (Å²) in [5.74, 6) is -4.14. The second-order valence-electron chi connectivity index (χ2n) is 6.95. The molecule has 0 radical (unpaired) electrons. The van der Waals surface area contributed by atoms with Gasteiger partial charge >= 0.3 is 0 Å². The third kappa shape index (κ3) is 4.65. The third-order valence-corrected chi connectivity index (χ3v) is 4.89. The monoisotopic (exact) mass is 345 g/mol. The van der Waals surface area contributed by atoms with Gasteiger partial charge in [-0.3, -0.25) is 4.90 Å². The van der Waals surface area contributed by atoms with E-state index in [9.17, 15) is 8.78 Å². The summed E-state index contributed by atoms with van der Waals surface area (Å²) in [4.78, 5) is 2.12. The molecule has 0 spiro atoms. The van der Waals surface area contributed by atoms with Gasteiger partial charge in [0, 0.05) is 25.6 Å². The van der Waals surface area contributed by atoms with Gasteiger partial charge in [0.2, 0.25) is 0 Å². The molecule has 0 aliphatic carbocycles. The van der Waals surface area contributed by atoms with Gasteiger partial charge in [0.05, 0.1) is 19.1 Å². The summed E-state index contributed by atoms with van der Waals surface area (Å²) in [6.07, 6.45) is 0. The van der Waals surface area contributed by atoms with Crippen LogP contribution in [0.1, 0.15) is 18.1 Å². The van der Waals surface area contributed by atoms with Crippen LogP contribution in [0, 0.1) is 11.8 Å². The van der Waals surface area contributed by atoms with E-state index >= 15 is 0 Å². The predicted molar refractivity (Wildman–Crippen MR) is 95.4 cm³/mol. The molecule has 2 nitrogen and oxygen atoms in total. The van der Waals surface area contributed by atoms with Crippen molar-refractivity contribution in [1.82, 2.24) is 4.90 Å². The van der Waals surface area contributed by atoms with Gasteiger partial charge in [0.25, 0.3) is 5.92 Å². The molecule has 1 aliphatic heterocycles. The highest BCUT2D eigenvalue weighted by Crippen LogP contribution is 2.38. The van der Waals surface area contributed by atoms with Crippen molar-refractivity contribution in [1.29, 1.82) is 0 Å². The Balaban J connectivity index is 1.59. The van der Waals surface area contributed by atoms with E-state index in [-0.39, 0.29) is 6.61 Å². The lowest BCUT2D eigenvalue weighted by Crippen LogP contribution is -2.53. The molecule has 4 heteroatoms. The Morgan fingerprint density at radius 1 is 0.960 bits per heavy atom. The number of alkyl halides is 2. The van der Waals surface area contributed by atoms with Crippen LogP contribution in [0.15, 0.2) is 60.7 Å². The van der Waals surface area contributed by atoms with Crippen LogP contribution >= 0.6 is 0 Å². The summed E-state index contributed by atoms with van der Waals surface area (Å²) in [7, 11) is 0. The number of likely N-dealkylation sites (tertiary alicyclic amines) is 1. The van der Waals surface area contributed by atoms with Crippen LogP contribution in [0.5, 0.6) is 0 Å². The van der Waals surface area contributed by atoms with Gasteiger partial charge in [-0.2, -0.15) is 0 Å². The Bertz CT molecular complexity index is 647. The molecule has 0 bridgehead atoms. The number of hydrogen-bond donors (Lipinski definition) is 0. The van der Waals surface area contributed by atoms with Crippen LogP contribution in [-0.2, 0) is 17.9 Å². The van der Waals surface area contributed by atoms with Crippen LogP contribution in [0.3, 0.4) is 0 Å². The number of nitrogens with zero attached hydrogens (tertiary/aromatic N) is 1. The van der Waals surface area contributed by atoms with Crippen LogP contribution in [0.25, 0.3) is 0 Å². The normalized spacial score (nSPS) is 23.5. The van der Waals surface area contributed by atoms with Gasteiger partial charge in [0.15, 0.2) is 0 Å². The Morgan fingerprint density at radius 2 is 1.56 bits per heavy atom.